The van der Waals surface area contributed by atoms with Gasteiger partial charge in [0.25, 0.3) is 0 Å². The van der Waals surface area contributed by atoms with Crippen LogP contribution in [0, 0.1) is 0 Å². The Kier molecular flexibility index (Phi) is 4.50. The van der Waals surface area contributed by atoms with Crippen LogP contribution in [0.15, 0.2) is 0 Å². The quantitative estimate of drug-likeness (QED) is 0.332. The Morgan fingerprint density at radius 3 is 1.50 bits per heavy atom. The van der Waals surface area contributed by atoms with Gasteiger partial charge >= 0.3 is 34.9 Å². The van der Waals surface area contributed by atoms with Crippen LogP contribution >= 0.6 is 0 Å². The van der Waals surface area contributed by atoms with Crippen LogP contribution in [0.1, 0.15) is 4.28 Å². The Morgan fingerprint density at radius 2 is 1.50 bits per heavy atom. The molecule has 0 heterocycles. The van der Waals surface area contributed by atoms with E-state index in [4.69, 9.17) is 17.5 Å². The van der Waals surface area contributed by atoms with Crippen molar-refractivity contribution < 1.29 is 21.8 Å². The Labute approximate surface area is 55.7 Å². The fourth-order valence-corrected chi connectivity index (χ4v) is 0. The van der Waals surface area contributed by atoms with Crippen molar-refractivity contribution in [1.82, 2.24) is 0 Å². The zero-order valence-electron chi connectivity index (χ0n) is 5.83. The third kappa shape index (κ3) is 151. The van der Waals surface area contributed by atoms with Crippen molar-refractivity contribution >= 4 is 33.5 Å². The molecule has 0 unspecified atom stereocenters. The second-order valence-electron chi connectivity index (χ2n) is 0.448. The molecular formula is H5MgO4S+. The average molecular weight is 125 g/mol. The van der Waals surface area contributed by atoms with Crippen molar-refractivity contribution in [2.45, 2.75) is 0 Å². The van der Waals surface area contributed by atoms with E-state index in [1.54, 1.807) is 0 Å². The summed E-state index contributed by atoms with van der Waals surface area (Å²) in [4.78, 5) is 0. The topological polar surface area (TPSA) is 74.6 Å². The zero-order chi connectivity index (χ0) is 4.50. The average Bonchev–Trinajstić information content (AvgIpc) is 0.722. The van der Waals surface area contributed by atoms with Crippen LogP contribution in [0.2, 0.25) is 0 Å². The zero-order valence-corrected chi connectivity index (χ0v) is 5.06. The van der Waals surface area contributed by atoms with Gasteiger partial charge in [0.1, 0.15) is 0 Å². The van der Waals surface area contributed by atoms with E-state index in [0.29, 0.717) is 0 Å². The summed E-state index contributed by atoms with van der Waals surface area (Å²) in [6.45, 7) is 0. The summed E-state index contributed by atoms with van der Waals surface area (Å²) < 4.78 is 31.6. The van der Waals surface area contributed by atoms with Gasteiger partial charge in [0.05, 0.1) is 0 Å². The van der Waals surface area contributed by atoms with Crippen molar-refractivity contribution in [3.8, 4) is 0 Å². The molecule has 0 spiro atoms. The normalized spacial score (nSPS) is 9.67. The van der Waals surface area contributed by atoms with Gasteiger partial charge < -0.3 is 2.85 Å². The van der Waals surface area contributed by atoms with Crippen molar-refractivity contribution in [2.24, 2.45) is 0 Å². The molecule has 0 rings (SSSR count). The van der Waals surface area contributed by atoms with Crippen LogP contribution in [-0.2, 0) is 10.4 Å². The maximum atomic E-state index is 8.74. The first kappa shape index (κ1) is 9.81. The van der Waals surface area contributed by atoms with Gasteiger partial charge in [-0.05, 0) is 0 Å². The smallest absolute Gasteiger partial charge is 1.00 e. The second kappa shape index (κ2) is 2.75. The van der Waals surface area contributed by atoms with E-state index in [1.807, 2.05) is 0 Å². The summed E-state index contributed by atoms with van der Waals surface area (Å²) in [6, 6.07) is 0. The molecule has 0 fully saturated rings. The van der Waals surface area contributed by atoms with E-state index in [9.17, 15) is 0 Å². The predicted octanol–water partition coefficient (Wildman–Crippen LogP) is -0.696. The predicted molar refractivity (Wildman–Crippen MR) is 23.3 cm³/mol. The Bertz CT molecular complexity index is 99.0. The summed E-state index contributed by atoms with van der Waals surface area (Å²) in [5.74, 6) is 0. The molecule has 6 heteroatoms. The van der Waals surface area contributed by atoms with E-state index >= 15 is 0 Å². The first-order chi connectivity index (χ1) is 2.00. The Balaban J connectivity index is -0.0000000133. The number of hydrogen-bond donors (Lipinski definition) is 2. The molecule has 0 amide bonds. The van der Waals surface area contributed by atoms with E-state index in [0.717, 1.165) is 0 Å². The minimum absolute atomic E-state index is 0. The van der Waals surface area contributed by atoms with Crippen molar-refractivity contribution in [2.75, 3.05) is 0 Å². The molecule has 0 aliphatic heterocycles. The van der Waals surface area contributed by atoms with Gasteiger partial charge in [-0.3, -0.25) is 9.11 Å². The third-order valence-electron chi connectivity index (χ3n) is 0. The van der Waals surface area contributed by atoms with Gasteiger partial charge in [-0.2, -0.15) is 8.42 Å². The Hall–Kier alpha value is 0.636. The Morgan fingerprint density at radius 1 is 1.50 bits per heavy atom. The fraction of sp³-hybridized carbons (Fsp3) is 0. The van der Waals surface area contributed by atoms with E-state index in [-0.39, 0.29) is 27.3 Å². The molecule has 0 aliphatic carbocycles. The van der Waals surface area contributed by atoms with Gasteiger partial charge in [-0.25, -0.2) is 0 Å². The molecule has 0 bridgehead atoms. The van der Waals surface area contributed by atoms with E-state index in [2.05, 4.69) is 0 Å². The van der Waals surface area contributed by atoms with Gasteiger partial charge in [0, 0.05) is 0 Å². The van der Waals surface area contributed by atoms with Crippen molar-refractivity contribution in [3.63, 3.8) is 0 Å². The molecule has 0 aromatic heterocycles. The molecular weight excluding hydrogens is 120 g/mol. The SMILES string of the molecule is O=S(=O)(O)O.[H+].[H-].[H-].[Mg+2]. The maximum absolute atomic E-state index is 8.74. The molecule has 0 atom stereocenters. The van der Waals surface area contributed by atoms with Crippen LogP contribution < -0.4 is 0 Å². The van der Waals surface area contributed by atoms with Gasteiger partial charge in [0.2, 0.25) is 0 Å². The standard InChI is InChI=1S/Mg.H2O4S.2H/c;1-5(2,3)4;;/h;(H2,1,2,3,4);;/q+2;;2*-1/p+1. The maximum Gasteiger partial charge on any atom is 2.00 e. The minimum Gasteiger partial charge on any atom is -1.00 e. The third-order valence-corrected chi connectivity index (χ3v) is 0. The fourth-order valence-electron chi connectivity index (χ4n) is 0. The number of hydrogen-bond acceptors (Lipinski definition) is 2. The van der Waals surface area contributed by atoms with Crippen LogP contribution in [0.25, 0.3) is 0 Å². The van der Waals surface area contributed by atoms with Crippen LogP contribution in [-0.4, -0.2) is 40.6 Å². The van der Waals surface area contributed by atoms with Crippen LogP contribution in [0.5, 0.6) is 0 Å². The van der Waals surface area contributed by atoms with Gasteiger partial charge in [-0.1, -0.05) is 0 Å². The van der Waals surface area contributed by atoms with Crippen LogP contribution in [0.4, 0.5) is 0 Å². The van der Waals surface area contributed by atoms with Gasteiger partial charge in [0.15, 0.2) is 0 Å². The first-order valence-corrected chi connectivity index (χ1v) is 2.10. The largest absolute Gasteiger partial charge is 2.00 e. The summed E-state index contributed by atoms with van der Waals surface area (Å²) in [5.41, 5.74) is 0. The molecule has 0 radical (unpaired) electrons. The molecule has 0 aromatic carbocycles. The number of rotatable bonds is 0. The molecule has 6 heavy (non-hydrogen) atoms. The monoisotopic (exact) mass is 125 g/mol. The molecule has 0 saturated carbocycles. The molecule has 0 aromatic rings. The first-order valence-electron chi connectivity index (χ1n) is 0.698. The van der Waals surface area contributed by atoms with E-state index < -0.39 is 10.4 Å². The molecule has 36 valence electrons. The van der Waals surface area contributed by atoms with Crippen LogP contribution in [0.3, 0.4) is 0 Å². The van der Waals surface area contributed by atoms with Gasteiger partial charge in [-0.15, -0.1) is 0 Å². The summed E-state index contributed by atoms with van der Waals surface area (Å²) in [5, 5.41) is 0. The summed E-state index contributed by atoms with van der Waals surface area (Å²) in [6.07, 6.45) is 0. The molecule has 4 nitrogen and oxygen atoms in total. The molecule has 0 saturated heterocycles. The summed E-state index contributed by atoms with van der Waals surface area (Å²) in [7, 11) is -4.67. The minimum atomic E-state index is -4.67. The van der Waals surface area contributed by atoms with Crippen molar-refractivity contribution in [1.29, 1.82) is 0 Å². The molecule has 0 aliphatic rings. The van der Waals surface area contributed by atoms with E-state index in [1.165, 1.54) is 0 Å². The van der Waals surface area contributed by atoms with Crippen molar-refractivity contribution in [3.05, 3.63) is 0 Å². The second-order valence-corrected chi connectivity index (χ2v) is 1.34. The molecule has 2 N–H and O–H groups in total. The summed E-state index contributed by atoms with van der Waals surface area (Å²) >= 11 is 0.